The van der Waals surface area contributed by atoms with Gasteiger partial charge >= 0.3 is 0 Å². The number of para-hydroxylation sites is 1. The molecule has 6 nitrogen and oxygen atoms in total. The Balaban J connectivity index is 1.34. The Bertz CT molecular complexity index is 1520. The van der Waals surface area contributed by atoms with Crippen LogP contribution in [0.25, 0.3) is 10.9 Å². The monoisotopic (exact) mass is 477 g/mol. The van der Waals surface area contributed by atoms with E-state index in [2.05, 4.69) is 21.6 Å². The molecule has 180 valence electrons. The molecule has 0 saturated heterocycles. The molecule has 0 N–H and O–H groups in total. The van der Waals surface area contributed by atoms with Crippen LogP contribution in [0, 0.1) is 6.92 Å². The van der Waals surface area contributed by atoms with Crippen LogP contribution in [0.15, 0.2) is 72.8 Å². The van der Waals surface area contributed by atoms with Crippen molar-refractivity contribution in [3.8, 4) is 0 Å². The summed E-state index contributed by atoms with van der Waals surface area (Å²) in [4.78, 5) is 43.5. The largest absolute Gasteiger partial charge is 0.347 e. The predicted octanol–water partition coefficient (Wildman–Crippen LogP) is 4.57. The highest BCUT2D eigenvalue weighted by Crippen LogP contribution is 2.34. The lowest BCUT2D eigenvalue weighted by Gasteiger charge is -2.38. The molecule has 1 atom stereocenters. The average molecular weight is 478 g/mol. The molecular formula is C30H27N3O3. The molecule has 2 aliphatic rings. The number of imide groups is 1. The van der Waals surface area contributed by atoms with E-state index in [0.29, 0.717) is 17.7 Å². The Morgan fingerprint density at radius 2 is 1.53 bits per heavy atom. The Morgan fingerprint density at radius 1 is 0.889 bits per heavy atom. The summed E-state index contributed by atoms with van der Waals surface area (Å²) in [5.41, 5.74) is 5.87. The summed E-state index contributed by atoms with van der Waals surface area (Å²) >= 11 is 0. The number of amides is 2. The Kier molecular flexibility index (Phi) is 5.34. The van der Waals surface area contributed by atoms with Crippen LogP contribution in [0.3, 0.4) is 0 Å². The van der Waals surface area contributed by atoms with Crippen molar-refractivity contribution in [1.29, 1.82) is 0 Å². The molecule has 36 heavy (non-hydrogen) atoms. The summed E-state index contributed by atoms with van der Waals surface area (Å²) < 4.78 is 2.06. The van der Waals surface area contributed by atoms with E-state index in [1.807, 2.05) is 50.4 Å². The third kappa shape index (κ3) is 3.40. The van der Waals surface area contributed by atoms with Crippen LogP contribution in [0.1, 0.15) is 53.9 Å². The van der Waals surface area contributed by atoms with Crippen molar-refractivity contribution >= 4 is 28.5 Å². The third-order valence-corrected chi connectivity index (χ3v) is 7.78. The van der Waals surface area contributed by atoms with Gasteiger partial charge in [-0.25, -0.2) is 0 Å². The van der Waals surface area contributed by atoms with Gasteiger partial charge in [0.1, 0.15) is 0 Å². The van der Waals surface area contributed by atoms with Crippen LogP contribution in [0.4, 0.5) is 0 Å². The first-order valence-electron chi connectivity index (χ1n) is 12.3. The first-order valence-corrected chi connectivity index (χ1v) is 12.3. The highest BCUT2D eigenvalue weighted by molar-refractivity contribution is 6.21. The van der Waals surface area contributed by atoms with Crippen molar-refractivity contribution < 1.29 is 14.4 Å². The standard InChI is InChI=1S/C30H27N3O3/c1-19-28(24-13-7-8-14-25(24)31(19)2)27(34)18-32-16-15-20-9-3-4-10-21(20)26(32)17-33-29(35)22-11-5-6-12-23(22)30(33)36/h3-14,26H,15-18H2,1-2H3. The molecule has 0 fully saturated rings. The number of aryl methyl sites for hydroxylation is 1. The highest BCUT2D eigenvalue weighted by atomic mass is 16.2. The number of carbonyl (C=O) groups excluding carboxylic acids is 3. The van der Waals surface area contributed by atoms with E-state index < -0.39 is 0 Å². The van der Waals surface area contributed by atoms with E-state index in [0.717, 1.165) is 34.1 Å². The number of rotatable bonds is 5. The highest BCUT2D eigenvalue weighted by Gasteiger charge is 2.39. The minimum atomic E-state index is -0.269. The van der Waals surface area contributed by atoms with Crippen molar-refractivity contribution in [2.75, 3.05) is 19.6 Å². The molecule has 4 aromatic rings. The number of fused-ring (bicyclic) bond motifs is 3. The minimum Gasteiger partial charge on any atom is -0.347 e. The van der Waals surface area contributed by atoms with Crippen molar-refractivity contribution in [2.24, 2.45) is 7.05 Å². The van der Waals surface area contributed by atoms with Gasteiger partial charge in [0.2, 0.25) is 0 Å². The van der Waals surface area contributed by atoms with E-state index in [1.165, 1.54) is 10.5 Å². The molecule has 2 amide bonds. The first kappa shape index (κ1) is 22.4. The van der Waals surface area contributed by atoms with Crippen LogP contribution in [0.2, 0.25) is 0 Å². The summed E-state index contributed by atoms with van der Waals surface area (Å²) in [6, 6.07) is 22.8. The van der Waals surface area contributed by atoms with Crippen molar-refractivity contribution in [3.63, 3.8) is 0 Å². The van der Waals surface area contributed by atoms with E-state index in [9.17, 15) is 14.4 Å². The molecule has 3 aromatic carbocycles. The summed E-state index contributed by atoms with van der Waals surface area (Å²) in [7, 11) is 1.98. The summed E-state index contributed by atoms with van der Waals surface area (Å²) in [6.45, 7) is 3.09. The molecule has 0 saturated carbocycles. The van der Waals surface area contributed by atoms with Crippen LogP contribution in [0.5, 0.6) is 0 Å². The minimum absolute atomic E-state index is 0.0519. The Labute approximate surface area is 209 Å². The second-order valence-corrected chi connectivity index (χ2v) is 9.66. The summed E-state index contributed by atoms with van der Waals surface area (Å²) in [5.74, 6) is -0.485. The number of ketones is 1. The summed E-state index contributed by atoms with van der Waals surface area (Å²) in [6.07, 6.45) is 0.816. The fourth-order valence-electron chi connectivity index (χ4n) is 5.82. The second kappa shape index (κ2) is 8.57. The van der Waals surface area contributed by atoms with Crippen LogP contribution < -0.4 is 0 Å². The van der Waals surface area contributed by atoms with Gasteiger partial charge in [-0.15, -0.1) is 0 Å². The molecule has 6 heteroatoms. The number of benzene rings is 3. The van der Waals surface area contributed by atoms with Gasteiger partial charge in [-0.05, 0) is 42.7 Å². The quantitative estimate of drug-likeness (QED) is 0.312. The Hall–Kier alpha value is -4.03. The van der Waals surface area contributed by atoms with Gasteiger partial charge in [0.15, 0.2) is 5.78 Å². The van der Waals surface area contributed by atoms with Crippen LogP contribution in [-0.2, 0) is 13.5 Å². The molecule has 3 heterocycles. The van der Waals surface area contributed by atoms with Gasteiger partial charge in [-0.2, -0.15) is 0 Å². The van der Waals surface area contributed by atoms with E-state index in [-0.39, 0.29) is 36.7 Å². The second-order valence-electron chi connectivity index (χ2n) is 9.66. The molecular weight excluding hydrogens is 450 g/mol. The van der Waals surface area contributed by atoms with E-state index in [4.69, 9.17) is 0 Å². The molecule has 1 unspecified atom stereocenters. The molecule has 0 bridgehead atoms. The topological polar surface area (TPSA) is 62.6 Å². The summed E-state index contributed by atoms with van der Waals surface area (Å²) in [5, 5.41) is 0.955. The number of Topliss-reactive ketones (excluding diaryl/α,β-unsaturated/α-hetero) is 1. The smallest absolute Gasteiger partial charge is 0.261 e. The van der Waals surface area contributed by atoms with Gasteiger partial charge in [0, 0.05) is 42.3 Å². The lowest BCUT2D eigenvalue weighted by molar-refractivity contribution is 0.0574. The zero-order valence-electron chi connectivity index (χ0n) is 20.4. The van der Waals surface area contributed by atoms with E-state index >= 15 is 0 Å². The van der Waals surface area contributed by atoms with Crippen molar-refractivity contribution in [1.82, 2.24) is 14.4 Å². The van der Waals surface area contributed by atoms with Gasteiger partial charge in [0.25, 0.3) is 11.8 Å². The van der Waals surface area contributed by atoms with Gasteiger partial charge < -0.3 is 4.57 Å². The Morgan fingerprint density at radius 3 is 2.28 bits per heavy atom. The van der Waals surface area contributed by atoms with Gasteiger partial charge in [0.05, 0.1) is 23.7 Å². The maximum absolute atomic E-state index is 13.8. The number of nitrogens with zero attached hydrogens (tertiary/aromatic N) is 3. The third-order valence-electron chi connectivity index (χ3n) is 7.78. The SMILES string of the molecule is Cc1c(C(=O)CN2CCc3ccccc3C2CN2C(=O)c3ccccc3C2=O)c2ccccc2n1C. The maximum atomic E-state index is 13.8. The maximum Gasteiger partial charge on any atom is 0.261 e. The fourth-order valence-corrected chi connectivity index (χ4v) is 5.82. The van der Waals surface area contributed by atoms with Crippen molar-refractivity contribution in [2.45, 2.75) is 19.4 Å². The van der Waals surface area contributed by atoms with Gasteiger partial charge in [-0.1, -0.05) is 54.6 Å². The van der Waals surface area contributed by atoms with Crippen molar-refractivity contribution in [3.05, 3.63) is 106 Å². The molecule has 2 aliphatic heterocycles. The number of hydrogen-bond donors (Lipinski definition) is 0. The number of carbonyl (C=O) groups is 3. The molecule has 0 radical (unpaired) electrons. The normalized spacial score (nSPS) is 17.5. The molecule has 1 aromatic heterocycles. The molecule has 0 aliphatic carbocycles. The zero-order chi connectivity index (χ0) is 25.0. The van der Waals surface area contributed by atoms with E-state index in [1.54, 1.807) is 24.3 Å². The average Bonchev–Trinajstić information content (AvgIpc) is 3.30. The predicted molar refractivity (Wildman–Crippen MR) is 138 cm³/mol. The molecule has 6 rings (SSSR count). The lowest BCUT2D eigenvalue weighted by Crippen LogP contribution is -2.45. The van der Waals surface area contributed by atoms with Crippen LogP contribution in [-0.4, -0.2) is 51.6 Å². The first-order chi connectivity index (χ1) is 17.5. The fraction of sp³-hybridized carbons (Fsp3) is 0.233. The lowest BCUT2D eigenvalue weighted by atomic mass is 9.91. The number of aromatic nitrogens is 1. The van der Waals surface area contributed by atoms with Crippen LogP contribution >= 0.6 is 0 Å². The number of hydrogen-bond acceptors (Lipinski definition) is 4. The zero-order valence-corrected chi connectivity index (χ0v) is 20.4. The molecule has 0 spiro atoms. The van der Waals surface area contributed by atoms with Gasteiger partial charge in [-0.3, -0.25) is 24.2 Å².